The lowest BCUT2D eigenvalue weighted by atomic mass is 10.1. The lowest BCUT2D eigenvalue weighted by Gasteiger charge is -2.37. The first-order chi connectivity index (χ1) is 31.9. The molecule has 0 spiro atoms. The number of anilines is 4. The molecule has 18 nitrogen and oxygen atoms in total. The minimum Gasteiger partial charge on any atom is -0.489 e. The highest BCUT2D eigenvalue weighted by Crippen LogP contribution is 2.37. The van der Waals surface area contributed by atoms with E-state index in [-0.39, 0.29) is 36.7 Å². The lowest BCUT2D eigenvalue weighted by molar-refractivity contribution is -0.121. The van der Waals surface area contributed by atoms with Crippen LogP contribution in [0.3, 0.4) is 0 Å². The summed E-state index contributed by atoms with van der Waals surface area (Å²) >= 11 is 0. The van der Waals surface area contributed by atoms with Crippen LogP contribution in [0.4, 0.5) is 31.5 Å². The van der Waals surface area contributed by atoms with Crippen LogP contribution in [-0.2, 0) is 22.4 Å². The number of aromatic nitrogens is 6. The van der Waals surface area contributed by atoms with Gasteiger partial charge in [0.2, 0.25) is 11.6 Å². The van der Waals surface area contributed by atoms with Crippen LogP contribution in [0.25, 0.3) is 0 Å². The van der Waals surface area contributed by atoms with Crippen LogP contribution >= 0.6 is 0 Å². The molecule has 2 fully saturated rings. The minimum atomic E-state index is -0.909. The number of ether oxygens (including phenoxy) is 2. The molecule has 1 unspecified atom stereocenters. The second kappa shape index (κ2) is 18.7. The Labute approximate surface area is 377 Å². The van der Waals surface area contributed by atoms with Gasteiger partial charge < -0.3 is 39.7 Å². The molecule has 4 N–H and O–H groups in total. The number of carbonyl (C=O) groups excluding carboxylic acids is 4. The lowest BCUT2D eigenvalue weighted by Crippen LogP contribution is -2.49. The number of carbonyl (C=O) groups is 4. The van der Waals surface area contributed by atoms with Gasteiger partial charge in [-0.05, 0) is 47.5 Å². The highest BCUT2D eigenvalue weighted by molar-refractivity contribution is 6.03. The number of fused-ring (bicyclic) bond motifs is 2. The SMILES string of the molecule is CN1C(=O)C(NC(=O)c2n[nH]c(Cc3ccccc3)n2)COc2ccc(N3CC(F)C3)cc21.CN1C(=O)[C@H](NC(=O)c2n[nH]c(Cc3ccccc3)n2)COc2ccc(N3CC(F)C3)cc21. The van der Waals surface area contributed by atoms with Crippen molar-refractivity contribution in [1.29, 1.82) is 0 Å². The molecule has 2 aromatic heterocycles. The zero-order valence-electron chi connectivity index (χ0n) is 36.0. The summed E-state index contributed by atoms with van der Waals surface area (Å²) in [5.41, 5.74) is 4.85. The van der Waals surface area contributed by atoms with Gasteiger partial charge >= 0.3 is 0 Å². The fraction of sp³-hybridized carbons (Fsp3) is 0.304. The molecule has 6 aromatic rings. The number of benzene rings is 4. The number of hydrogen-bond donors (Lipinski definition) is 4. The van der Waals surface area contributed by atoms with Crippen molar-refractivity contribution in [2.75, 3.05) is 73.1 Å². The Bertz CT molecular complexity index is 2540. The predicted octanol–water partition coefficient (Wildman–Crippen LogP) is 3.41. The Balaban J connectivity index is 0.000000166. The molecular formula is C46H46F2N12O6. The summed E-state index contributed by atoms with van der Waals surface area (Å²) in [6.45, 7) is 1.27. The van der Waals surface area contributed by atoms with Crippen molar-refractivity contribution in [2.24, 2.45) is 0 Å². The first kappa shape index (κ1) is 43.4. The first-order valence-corrected chi connectivity index (χ1v) is 21.3. The summed E-state index contributed by atoms with van der Waals surface area (Å²) in [7, 11) is 3.25. The second-order valence-electron chi connectivity index (χ2n) is 16.3. The standard InChI is InChI=1S/2C23H23FN6O3/c2*1-29-18-10-16(30-11-15(24)12-30)7-8-19(18)33-13-17(23(29)32)25-22(31)21-26-20(27-28-21)9-14-5-3-2-4-6-14/h2*2-8,10,15,17H,9,11-13H2,1H3,(H,25,31)(H,26,27,28)/t17-;/m1./s1. The minimum absolute atomic E-state index is 0.0289. The molecular weight excluding hydrogens is 855 g/mol. The van der Waals surface area contributed by atoms with Gasteiger partial charge in [-0.3, -0.25) is 29.4 Å². The van der Waals surface area contributed by atoms with E-state index in [0.717, 1.165) is 22.5 Å². The molecule has 2 atom stereocenters. The van der Waals surface area contributed by atoms with Crippen LogP contribution < -0.4 is 39.7 Å². The molecule has 4 amide bonds. The quantitative estimate of drug-likeness (QED) is 0.156. The molecule has 6 heterocycles. The van der Waals surface area contributed by atoms with Crippen LogP contribution in [-0.4, -0.2) is 132 Å². The molecule has 0 radical (unpaired) electrons. The normalized spacial score (nSPS) is 18.2. The smallest absolute Gasteiger partial charge is 0.291 e. The molecule has 4 aromatic carbocycles. The van der Waals surface area contributed by atoms with Crippen LogP contribution in [0.15, 0.2) is 97.1 Å². The zero-order chi connectivity index (χ0) is 45.9. The summed E-state index contributed by atoms with van der Waals surface area (Å²) in [5.74, 6) is 0.264. The summed E-state index contributed by atoms with van der Waals surface area (Å²) in [6, 6.07) is 28.4. The number of nitrogens with one attached hydrogen (secondary N) is 4. The molecule has 20 heteroatoms. The van der Waals surface area contributed by atoms with E-state index < -0.39 is 36.2 Å². The summed E-state index contributed by atoms with van der Waals surface area (Å²) in [5, 5.41) is 18.9. The number of halogens is 2. The van der Waals surface area contributed by atoms with Crippen molar-refractivity contribution < 1.29 is 37.4 Å². The van der Waals surface area contributed by atoms with Crippen molar-refractivity contribution in [3.63, 3.8) is 0 Å². The number of aromatic amines is 2. The number of H-pyrrole nitrogens is 2. The Morgan fingerprint density at radius 2 is 1.02 bits per heavy atom. The first-order valence-electron chi connectivity index (χ1n) is 21.3. The van der Waals surface area contributed by atoms with E-state index in [1.807, 2.05) is 82.6 Å². The van der Waals surface area contributed by atoms with Gasteiger partial charge in [-0.25, -0.2) is 18.7 Å². The van der Waals surface area contributed by atoms with Crippen LogP contribution in [0.1, 0.15) is 44.0 Å². The van der Waals surface area contributed by atoms with Crippen molar-refractivity contribution in [2.45, 2.75) is 37.3 Å². The zero-order valence-corrected chi connectivity index (χ0v) is 36.0. The van der Waals surface area contributed by atoms with E-state index in [9.17, 15) is 28.0 Å². The highest BCUT2D eigenvalue weighted by Gasteiger charge is 2.35. The van der Waals surface area contributed by atoms with Gasteiger partial charge in [0.05, 0.1) is 37.6 Å². The molecule has 0 bridgehead atoms. The number of likely N-dealkylation sites (N-methyl/N-ethyl adjacent to an activating group) is 2. The third kappa shape index (κ3) is 9.47. The van der Waals surface area contributed by atoms with Crippen molar-refractivity contribution in [3.05, 3.63) is 131 Å². The Morgan fingerprint density at radius 1 is 0.621 bits per heavy atom. The van der Waals surface area contributed by atoms with Gasteiger partial charge in [-0.2, -0.15) is 0 Å². The molecule has 2 saturated heterocycles. The fourth-order valence-corrected chi connectivity index (χ4v) is 7.82. The van der Waals surface area contributed by atoms with E-state index >= 15 is 0 Å². The number of hydrogen-bond acceptors (Lipinski definition) is 12. The maximum absolute atomic E-state index is 13.2. The van der Waals surface area contributed by atoms with Gasteiger partial charge in [-0.15, -0.1) is 10.2 Å². The second-order valence-corrected chi connectivity index (χ2v) is 16.3. The Kier molecular flexibility index (Phi) is 12.3. The average Bonchev–Trinajstić information content (AvgIpc) is 3.95. The molecule has 66 heavy (non-hydrogen) atoms. The maximum Gasteiger partial charge on any atom is 0.291 e. The molecule has 10 rings (SSSR count). The highest BCUT2D eigenvalue weighted by atomic mass is 19.1. The van der Waals surface area contributed by atoms with Gasteiger partial charge in [0.25, 0.3) is 23.6 Å². The van der Waals surface area contributed by atoms with E-state index in [2.05, 4.69) is 41.0 Å². The fourth-order valence-electron chi connectivity index (χ4n) is 7.82. The maximum atomic E-state index is 13.2. The van der Waals surface area contributed by atoms with Crippen molar-refractivity contribution in [1.82, 2.24) is 41.0 Å². The topological polar surface area (TPSA) is 207 Å². The summed E-state index contributed by atoms with van der Waals surface area (Å²) in [6.07, 6.45) is -0.647. The number of amides is 4. The van der Waals surface area contributed by atoms with E-state index in [0.29, 0.717) is 73.5 Å². The predicted molar refractivity (Wildman–Crippen MR) is 239 cm³/mol. The molecule has 340 valence electrons. The molecule has 0 aliphatic carbocycles. The van der Waals surface area contributed by atoms with Crippen LogP contribution in [0.2, 0.25) is 0 Å². The third-order valence-electron chi connectivity index (χ3n) is 11.6. The van der Waals surface area contributed by atoms with Crippen molar-refractivity contribution in [3.8, 4) is 11.5 Å². The molecule has 0 saturated carbocycles. The van der Waals surface area contributed by atoms with E-state index in [4.69, 9.17) is 9.47 Å². The van der Waals surface area contributed by atoms with E-state index in [1.165, 1.54) is 9.80 Å². The number of nitrogens with zero attached hydrogens (tertiary/aromatic N) is 8. The van der Waals surface area contributed by atoms with Gasteiger partial charge in [0.15, 0.2) is 0 Å². The third-order valence-corrected chi connectivity index (χ3v) is 11.6. The Morgan fingerprint density at radius 3 is 1.39 bits per heavy atom. The van der Waals surface area contributed by atoms with Gasteiger partial charge in [-0.1, -0.05) is 60.7 Å². The largest absolute Gasteiger partial charge is 0.489 e. The summed E-state index contributed by atoms with van der Waals surface area (Å²) < 4.78 is 38.1. The summed E-state index contributed by atoms with van der Waals surface area (Å²) in [4.78, 5) is 66.7. The molecule has 4 aliphatic rings. The number of rotatable bonds is 10. The Hall–Kier alpha value is -7.90. The monoisotopic (exact) mass is 900 g/mol. The van der Waals surface area contributed by atoms with Crippen LogP contribution in [0.5, 0.6) is 11.5 Å². The number of alkyl halides is 2. The van der Waals surface area contributed by atoms with Crippen molar-refractivity contribution >= 4 is 46.4 Å². The average molecular weight is 901 g/mol. The molecule has 4 aliphatic heterocycles. The van der Waals surface area contributed by atoms with E-state index in [1.54, 1.807) is 38.4 Å². The van der Waals surface area contributed by atoms with Gasteiger partial charge in [0.1, 0.15) is 60.8 Å². The van der Waals surface area contributed by atoms with Crippen LogP contribution in [0, 0.1) is 0 Å². The van der Waals surface area contributed by atoms with Gasteiger partial charge in [0, 0.05) is 38.3 Å².